The fourth-order valence-electron chi connectivity index (χ4n) is 2.41. The molecule has 0 heterocycles. The number of ether oxygens (including phenoxy) is 1. The summed E-state index contributed by atoms with van der Waals surface area (Å²) in [5, 5.41) is 3.48. The first-order valence-electron chi connectivity index (χ1n) is 8.11. The molecular weight excluding hydrogens is 374 g/mol. The van der Waals surface area contributed by atoms with Gasteiger partial charge in [0.1, 0.15) is 5.75 Å². The summed E-state index contributed by atoms with van der Waals surface area (Å²) in [4.78, 5) is 12.6. The number of rotatable bonds is 6. The third-order valence-electron chi connectivity index (χ3n) is 3.98. The van der Waals surface area contributed by atoms with Crippen LogP contribution in [0.5, 0.6) is 5.75 Å². The van der Waals surface area contributed by atoms with E-state index in [2.05, 4.69) is 5.32 Å². The van der Waals surface area contributed by atoms with Gasteiger partial charge in [-0.2, -0.15) is 0 Å². The van der Waals surface area contributed by atoms with Crippen molar-refractivity contribution in [1.29, 1.82) is 0 Å². The summed E-state index contributed by atoms with van der Waals surface area (Å²) in [5.74, 6) is 0.334. The molecule has 5 nitrogen and oxygen atoms in total. The Labute approximate surface area is 159 Å². The number of nitrogens with one attached hydrogen (secondary N) is 1. The fraction of sp³-hybridized carbons (Fsp3) is 0.316. The molecular formula is C19H22ClNO4S. The quantitative estimate of drug-likeness (QED) is 0.809. The summed E-state index contributed by atoms with van der Waals surface area (Å²) in [6, 6.07) is 11.4. The number of halogens is 1. The van der Waals surface area contributed by atoms with E-state index in [0.29, 0.717) is 10.8 Å². The van der Waals surface area contributed by atoms with E-state index in [1.54, 1.807) is 37.3 Å². The fourth-order valence-corrected chi connectivity index (χ4v) is 3.26. The lowest BCUT2D eigenvalue weighted by Crippen LogP contribution is -2.37. The van der Waals surface area contributed by atoms with Gasteiger partial charge >= 0.3 is 0 Å². The topological polar surface area (TPSA) is 72.5 Å². The Morgan fingerprint density at radius 2 is 1.73 bits per heavy atom. The smallest absolute Gasteiger partial charge is 0.261 e. The molecule has 0 spiro atoms. The summed E-state index contributed by atoms with van der Waals surface area (Å²) in [6.07, 6.45) is 0.470. The van der Waals surface area contributed by atoms with E-state index in [1.165, 1.54) is 12.1 Å². The highest BCUT2D eigenvalue weighted by atomic mass is 35.5. The van der Waals surface area contributed by atoms with Crippen molar-refractivity contribution in [3.05, 3.63) is 58.6 Å². The molecule has 0 fully saturated rings. The molecule has 26 heavy (non-hydrogen) atoms. The molecule has 2 aromatic carbocycles. The van der Waals surface area contributed by atoms with Crippen molar-refractivity contribution in [2.24, 2.45) is 0 Å². The molecule has 7 heteroatoms. The zero-order valence-electron chi connectivity index (χ0n) is 15.1. The van der Waals surface area contributed by atoms with Crippen LogP contribution in [0.3, 0.4) is 0 Å². The summed E-state index contributed by atoms with van der Waals surface area (Å²) >= 11 is 5.92. The van der Waals surface area contributed by atoms with Crippen LogP contribution in [-0.4, -0.2) is 26.7 Å². The third-order valence-corrected chi connectivity index (χ3v) is 5.34. The van der Waals surface area contributed by atoms with Crippen molar-refractivity contribution in [2.45, 2.75) is 37.8 Å². The first-order chi connectivity index (χ1) is 12.1. The van der Waals surface area contributed by atoms with Crippen LogP contribution in [0, 0.1) is 6.92 Å². The molecule has 2 aromatic rings. The van der Waals surface area contributed by atoms with E-state index in [4.69, 9.17) is 16.3 Å². The van der Waals surface area contributed by atoms with Crippen LogP contribution in [0.15, 0.2) is 47.4 Å². The Kier molecular flexibility index (Phi) is 6.31. The molecule has 0 aliphatic carbocycles. The number of carbonyl (C=O) groups is 1. The lowest BCUT2D eigenvalue weighted by molar-refractivity contribution is -0.127. The monoisotopic (exact) mass is 395 g/mol. The van der Waals surface area contributed by atoms with Crippen molar-refractivity contribution in [3.8, 4) is 5.75 Å². The van der Waals surface area contributed by atoms with Gasteiger partial charge in [0.05, 0.1) is 10.9 Å². The molecule has 2 atom stereocenters. The van der Waals surface area contributed by atoms with Crippen LogP contribution >= 0.6 is 11.6 Å². The molecule has 2 unspecified atom stereocenters. The molecule has 1 N–H and O–H groups in total. The minimum Gasteiger partial charge on any atom is -0.481 e. The van der Waals surface area contributed by atoms with Gasteiger partial charge in [0, 0.05) is 11.3 Å². The molecule has 140 valence electrons. The van der Waals surface area contributed by atoms with E-state index >= 15 is 0 Å². The molecule has 0 aliphatic heterocycles. The number of amides is 1. The van der Waals surface area contributed by atoms with E-state index < -0.39 is 15.9 Å². The number of carbonyl (C=O) groups excluding carboxylic acids is 1. The Bertz CT molecular complexity index is 894. The van der Waals surface area contributed by atoms with Crippen LogP contribution in [-0.2, 0) is 14.6 Å². The zero-order chi connectivity index (χ0) is 19.5. The normalized spacial score (nSPS) is 13.7. The second kappa shape index (κ2) is 8.10. The van der Waals surface area contributed by atoms with Gasteiger partial charge in [-0.15, -0.1) is 0 Å². The maximum absolute atomic E-state index is 12.4. The minimum absolute atomic E-state index is 0.245. The first-order valence-corrected chi connectivity index (χ1v) is 10.4. The second-order valence-electron chi connectivity index (χ2n) is 6.24. The number of aryl methyl sites for hydroxylation is 1. The Morgan fingerprint density at radius 3 is 2.27 bits per heavy atom. The molecule has 0 saturated carbocycles. The van der Waals surface area contributed by atoms with Gasteiger partial charge in [-0.25, -0.2) is 8.42 Å². The maximum atomic E-state index is 12.4. The van der Waals surface area contributed by atoms with Crippen LogP contribution in [0.4, 0.5) is 0 Å². The average Bonchev–Trinajstić information content (AvgIpc) is 2.56. The highest BCUT2D eigenvalue weighted by Gasteiger charge is 2.19. The van der Waals surface area contributed by atoms with Crippen LogP contribution in [0.25, 0.3) is 0 Å². The molecule has 0 bridgehead atoms. The molecule has 0 aliphatic rings. The molecule has 2 rings (SSSR count). The van der Waals surface area contributed by atoms with Gasteiger partial charge in [0.2, 0.25) is 0 Å². The standard InChI is InChI=1S/C19H22ClNO4S/c1-12-11-16(20)7-10-18(12)25-14(3)19(22)21-13(2)15-5-8-17(9-6-15)26(4,23)24/h5-11,13-14H,1-4H3,(H,21,22). The van der Waals surface area contributed by atoms with Gasteiger partial charge in [-0.05, 0) is 62.2 Å². The van der Waals surface area contributed by atoms with Gasteiger partial charge in [0.25, 0.3) is 5.91 Å². The maximum Gasteiger partial charge on any atom is 0.261 e. The van der Waals surface area contributed by atoms with Crippen molar-refractivity contribution in [2.75, 3.05) is 6.26 Å². The van der Waals surface area contributed by atoms with Crippen molar-refractivity contribution in [1.82, 2.24) is 5.32 Å². The van der Waals surface area contributed by atoms with E-state index in [-0.39, 0.29) is 16.8 Å². The van der Waals surface area contributed by atoms with Crippen LogP contribution in [0.1, 0.15) is 31.0 Å². The van der Waals surface area contributed by atoms with Crippen molar-refractivity contribution in [3.63, 3.8) is 0 Å². The van der Waals surface area contributed by atoms with Crippen molar-refractivity contribution < 1.29 is 17.9 Å². The highest BCUT2D eigenvalue weighted by Crippen LogP contribution is 2.23. The molecule has 0 saturated heterocycles. The summed E-state index contributed by atoms with van der Waals surface area (Å²) in [6.45, 7) is 5.36. The van der Waals surface area contributed by atoms with E-state index in [0.717, 1.165) is 17.4 Å². The zero-order valence-corrected chi connectivity index (χ0v) is 16.7. The number of benzene rings is 2. The first kappa shape index (κ1) is 20.3. The van der Waals surface area contributed by atoms with Crippen molar-refractivity contribution >= 4 is 27.3 Å². The Hall–Kier alpha value is -2.05. The average molecular weight is 396 g/mol. The van der Waals surface area contributed by atoms with E-state index in [1.807, 2.05) is 13.8 Å². The predicted molar refractivity (Wildman–Crippen MR) is 102 cm³/mol. The van der Waals surface area contributed by atoms with Gasteiger partial charge < -0.3 is 10.1 Å². The Morgan fingerprint density at radius 1 is 1.12 bits per heavy atom. The Balaban J connectivity index is 2.01. The van der Waals surface area contributed by atoms with Crippen LogP contribution in [0.2, 0.25) is 5.02 Å². The summed E-state index contributed by atoms with van der Waals surface area (Å²) < 4.78 is 28.7. The molecule has 0 radical (unpaired) electrons. The lowest BCUT2D eigenvalue weighted by atomic mass is 10.1. The van der Waals surface area contributed by atoms with Gasteiger partial charge in [0.15, 0.2) is 15.9 Å². The second-order valence-corrected chi connectivity index (χ2v) is 8.69. The number of hydrogen-bond acceptors (Lipinski definition) is 4. The van der Waals surface area contributed by atoms with E-state index in [9.17, 15) is 13.2 Å². The summed E-state index contributed by atoms with van der Waals surface area (Å²) in [7, 11) is -3.24. The highest BCUT2D eigenvalue weighted by molar-refractivity contribution is 7.90. The molecule has 0 aromatic heterocycles. The third kappa shape index (κ3) is 5.22. The summed E-state index contributed by atoms with van der Waals surface area (Å²) in [5.41, 5.74) is 1.65. The number of hydrogen-bond donors (Lipinski definition) is 1. The van der Waals surface area contributed by atoms with Gasteiger partial charge in [-0.1, -0.05) is 23.7 Å². The van der Waals surface area contributed by atoms with Crippen LogP contribution < -0.4 is 10.1 Å². The largest absolute Gasteiger partial charge is 0.481 e. The lowest BCUT2D eigenvalue weighted by Gasteiger charge is -2.20. The predicted octanol–water partition coefficient (Wildman–Crippen LogP) is 3.70. The SMILES string of the molecule is Cc1cc(Cl)ccc1OC(C)C(=O)NC(C)c1ccc(S(C)(=O)=O)cc1. The molecule has 1 amide bonds. The minimum atomic E-state index is -3.24. The number of sulfone groups is 1. The van der Waals surface area contributed by atoms with Gasteiger partial charge in [-0.3, -0.25) is 4.79 Å².